The number of carbonyl (C=O) groups is 1. The van der Waals surface area contributed by atoms with Gasteiger partial charge in [-0.2, -0.15) is 26.3 Å². The van der Waals surface area contributed by atoms with Crippen molar-refractivity contribution in [3.8, 4) is 0 Å². The minimum Gasteiger partial charge on any atom is -0.347 e. The molecule has 29 heavy (non-hydrogen) atoms. The third-order valence-electron chi connectivity index (χ3n) is 4.30. The molecule has 4 nitrogen and oxygen atoms in total. The largest absolute Gasteiger partial charge is 0.417 e. The number of aryl methyl sites for hydroxylation is 1. The number of alkyl halides is 6. The van der Waals surface area contributed by atoms with Gasteiger partial charge in [-0.3, -0.25) is 9.20 Å². The monoisotopic (exact) mass is 415 g/mol. The van der Waals surface area contributed by atoms with E-state index in [0.717, 1.165) is 28.8 Å². The van der Waals surface area contributed by atoms with Gasteiger partial charge in [0, 0.05) is 12.7 Å². The van der Waals surface area contributed by atoms with Crippen LogP contribution in [0.3, 0.4) is 0 Å². The second kappa shape index (κ2) is 7.41. The molecule has 3 rings (SSSR count). The Kier molecular flexibility index (Phi) is 5.29. The van der Waals surface area contributed by atoms with E-state index < -0.39 is 29.4 Å². The molecule has 0 aliphatic rings. The highest BCUT2D eigenvalue weighted by molar-refractivity contribution is 5.94. The van der Waals surface area contributed by atoms with E-state index in [2.05, 4.69) is 10.3 Å². The number of imidazole rings is 1. The number of nitrogens with zero attached hydrogens (tertiary/aromatic N) is 2. The molecule has 0 radical (unpaired) electrons. The number of carbonyl (C=O) groups excluding carboxylic acids is 1. The van der Waals surface area contributed by atoms with Crippen molar-refractivity contribution in [2.24, 2.45) is 0 Å². The fourth-order valence-corrected chi connectivity index (χ4v) is 2.83. The standard InChI is InChI=1S/C19H15F6N3O/c1-2-14-16(28-10-13(19(23,24)25)7-8-15(28)27-14)17(29)26-9-11-3-5-12(6-4-11)18(20,21)22/h3-8,10H,2,9H2,1H3,(H,26,29). The van der Waals surface area contributed by atoms with Crippen LogP contribution in [-0.4, -0.2) is 15.3 Å². The lowest BCUT2D eigenvalue weighted by molar-refractivity contribution is -0.138. The quantitative estimate of drug-likeness (QED) is 0.619. The summed E-state index contributed by atoms with van der Waals surface area (Å²) in [5.74, 6) is -0.673. The highest BCUT2D eigenvalue weighted by Gasteiger charge is 2.32. The van der Waals surface area contributed by atoms with E-state index >= 15 is 0 Å². The Morgan fingerprint density at radius 2 is 1.55 bits per heavy atom. The summed E-state index contributed by atoms with van der Waals surface area (Å²) in [5.41, 5.74) is -0.873. The average Bonchev–Trinajstić information content (AvgIpc) is 3.03. The molecule has 0 bridgehead atoms. The number of fused-ring (bicyclic) bond motifs is 1. The number of benzene rings is 1. The van der Waals surface area contributed by atoms with Gasteiger partial charge in [-0.25, -0.2) is 4.98 Å². The summed E-state index contributed by atoms with van der Waals surface area (Å²) in [7, 11) is 0. The van der Waals surface area contributed by atoms with Crippen LogP contribution in [0.2, 0.25) is 0 Å². The predicted octanol–water partition coefficient (Wildman–Crippen LogP) is 4.86. The minimum absolute atomic E-state index is 0.0412. The van der Waals surface area contributed by atoms with Crippen molar-refractivity contribution in [3.05, 3.63) is 70.7 Å². The van der Waals surface area contributed by atoms with Crippen molar-refractivity contribution in [3.63, 3.8) is 0 Å². The minimum atomic E-state index is -4.58. The summed E-state index contributed by atoms with van der Waals surface area (Å²) in [6, 6.07) is 6.28. The zero-order valence-electron chi connectivity index (χ0n) is 15.0. The number of rotatable bonds is 4. The Morgan fingerprint density at radius 1 is 0.966 bits per heavy atom. The fourth-order valence-electron chi connectivity index (χ4n) is 2.83. The highest BCUT2D eigenvalue weighted by atomic mass is 19.4. The summed E-state index contributed by atoms with van der Waals surface area (Å²) in [6.07, 6.45) is -7.94. The van der Waals surface area contributed by atoms with Gasteiger partial charge < -0.3 is 5.32 Å². The van der Waals surface area contributed by atoms with E-state index in [4.69, 9.17) is 0 Å². The fraction of sp³-hybridized carbons (Fsp3) is 0.263. The molecule has 1 amide bonds. The van der Waals surface area contributed by atoms with Crippen molar-refractivity contribution in [2.45, 2.75) is 32.2 Å². The molecule has 154 valence electrons. The predicted molar refractivity (Wildman–Crippen MR) is 92.2 cm³/mol. The maximum absolute atomic E-state index is 13.0. The molecule has 2 aromatic heterocycles. The number of nitrogens with one attached hydrogen (secondary N) is 1. The smallest absolute Gasteiger partial charge is 0.347 e. The molecule has 0 aliphatic heterocycles. The van der Waals surface area contributed by atoms with E-state index in [1.54, 1.807) is 6.92 Å². The Bertz CT molecular complexity index is 1040. The van der Waals surface area contributed by atoms with Crippen LogP contribution in [0.15, 0.2) is 42.6 Å². The number of hydrogen-bond acceptors (Lipinski definition) is 2. The Hall–Kier alpha value is -3.04. The Morgan fingerprint density at radius 3 is 2.10 bits per heavy atom. The first kappa shape index (κ1) is 20.7. The Balaban J connectivity index is 1.86. The van der Waals surface area contributed by atoms with E-state index in [1.807, 2.05) is 0 Å². The van der Waals surface area contributed by atoms with Gasteiger partial charge in [0.2, 0.25) is 0 Å². The van der Waals surface area contributed by atoms with Gasteiger partial charge in [-0.15, -0.1) is 0 Å². The second-order valence-electron chi connectivity index (χ2n) is 6.28. The van der Waals surface area contributed by atoms with E-state index in [0.29, 0.717) is 17.7 Å². The van der Waals surface area contributed by atoms with E-state index in [9.17, 15) is 31.1 Å². The number of halogens is 6. The molecule has 0 fully saturated rings. The van der Waals surface area contributed by atoms with E-state index in [1.165, 1.54) is 18.2 Å². The summed E-state index contributed by atoms with van der Waals surface area (Å²) in [4.78, 5) is 16.8. The molecule has 0 unspecified atom stereocenters. The van der Waals surface area contributed by atoms with Gasteiger partial charge in [0.1, 0.15) is 11.3 Å². The molecule has 0 saturated heterocycles. The molecule has 1 N–H and O–H groups in total. The normalized spacial score (nSPS) is 12.4. The SMILES string of the molecule is CCc1nc2ccc(C(F)(F)F)cn2c1C(=O)NCc1ccc(C(F)(F)F)cc1. The molecular weight excluding hydrogens is 400 g/mol. The highest BCUT2D eigenvalue weighted by Crippen LogP contribution is 2.30. The lowest BCUT2D eigenvalue weighted by Crippen LogP contribution is -2.25. The average molecular weight is 415 g/mol. The number of aromatic nitrogens is 2. The van der Waals surface area contributed by atoms with Crippen LogP contribution in [0.25, 0.3) is 5.65 Å². The molecule has 3 aromatic rings. The van der Waals surface area contributed by atoms with Crippen LogP contribution in [-0.2, 0) is 25.3 Å². The first-order valence-corrected chi connectivity index (χ1v) is 8.53. The van der Waals surface area contributed by atoms with E-state index in [-0.39, 0.29) is 17.9 Å². The summed E-state index contributed by atoms with van der Waals surface area (Å²) < 4.78 is 77.9. The van der Waals surface area contributed by atoms with Gasteiger partial charge in [0.15, 0.2) is 0 Å². The van der Waals surface area contributed by atoms with Crippen LogP contribution in [0.1, 0.15) is 39.8 Å². The van der Waals surface area contributed by atoms with Crippen molar-refractivity contribution >= 4 is 11.6 Å². The first-order valence-electron chi connectivity index (χ1n) is 8.53. The summed E-state index contributed by atoms with van der Waals surface area (Å²) in [5, 5.41) is 2.52. The third-order valence-corrected chi connectivity index (χ3v) is 4.30. The summed E-state index contributed by atoms with van der Waals surface area (Å²) in [6.45, 7) is 1.62. The van der Waals surface area contributed by atoms with Gasteiger partial charge in [0.05, 0.1) is 16.8 Å². The lowest BCUT2D eigenvalue weighted by atomic mass is 10.1. The van der Waals surface area contributed by atoms with Gasteiger partial charge >= 0.3 is 12.4 Å². The molecule has 0 spiro atoms. The first-order chi connectivity index (χ1) is 13.5. The molecule has 2 heterocycles. The van der Waals surface area contributed by atoms with Gasteiger partial charge in [0.25, 0.3) is 5.91 Å². The van der Waals surface area contributed by atoms with Crippen LogP contribution in [0.5, 0.6) is 0 Å². The van der Waals surface area contributed by atoms with Crippen molar-refractivity contribution in [1.29, 1.82) is 0 Å². The van der Waals surface area contributed by atoms with Crippen LogP contribution in [0.4, 0.5) is 26.3 Å². The molecule has 10 heteroatoms. The molecule has 0 aliphatic carbocycles. The van der Waals surface area contributed by atoms with Gasteiger partial charge in [-0.05, 0) is 36.2 Å². The van der Waals surface area contributed by atoms with Crippen LogP contribution >= 0.6 is 0 Å². The van der Waals surface area contributed by atoms with Crippen molar-refractivity contribution in [1.82, 2.24) is 14.7 Å². The topological polar surface area (TPSA) is 46.4 Å². The zero-order valence-corrected chi connectivity index (χ0v) is 15.0. The summed E-state index contributed by atoms with van der Waals surface area (Å²) >= 11 is 0. The number of amides is 1. The second-order valence-corrected chi connectivity index (χ2v) is 6.28. The lowest BCUT2D eigenvalue weighted by Gasteiger charge is -2.10. The van der Waals surface area contributed by atoms with Crippen molar-refractivity contribution in [2.75, 3.05) is 0 Å². The van der Waals surface area contributed by atoms with Crippen molar-refractivity contribution < 1.29 is 31.1 Å². The zero-order chi connectivity index (χ0) is 21.4. The van der Waals surface area contributed by atoms with Gasteiger partial charge in [-0.1, -0.05) is 19.1 Å². The maximum Gasteiger partial charge on any atom is 0.417 e. The molecular formula is C19H15F6N3O. The molecule has 1 aromatic carbocycles. The van der Waals surface area contributed by atoms with Crippen LogP contribution in [0, 0.1) is 0 Å². The van der Waals surface area contributed by atoms with Crippen LogP contribution < -0.4 is 5.32 Å². The molecule has 0 saturated carbocycles. The third kappa shape index (κ3) is 4.36. The Labute approximate surface area is 161 Å². The number of pyridine rings is 1. The maximum atomic E-state index is 13.0. The number of hydrogen-bond donors (Lipinski definition) is 1. The molecule has 0 atom stereocenters.